The molecule has 1 aliphatic rings. The van der Waals surface area contributed by atoms with Crippen LogP contribution in [0.1, 0.15) is 30.7 Å². The summed E-state index contributed by atoms with van der Waals surface area (Å²) >= 11 is 2.43. The molecule has 0 unspecified atom stereocenters. The van der Waals surface area contributed by atoms with Crippen molar-refractivity contribution < 1.29 is 0 Å². The Labute approximate surface area is 116 Å². The summed E-state index contributed by atoms with van der Waals surface area (Å²) in [5.41, 5.74) is 5.57. The van der Waals surface area contributed by atoms with Crippen molar-refractivity contribution in [1.82, 2.24) is 10.3 Å². The zero-order valence-corrected chi connectivity index (χ0v) is 12.8. The molecule has 1 aromatic carbocycles. The maximum absolute atomic E-state index is 3.56. The van der Waals surface area contributed by atoms with Crippen molar-refractivity contribution >= 4 is 33.5 Å². The molecule has 0 saturated heterocycles. The third-order valence-electron chi connectivity index (χ3n) is 3.15. The molecule has 0 atom stereocenters. The van der Waals surface area contributed by atoms with Crippen molar-refractivity contribution in [2.24, 2.45) is 0 Å². The van der Waals surface area contributed by atoms with Gasteiger partial charge in [0.2, 0.25) is 0 Å². The lowest BCUT2D eigenvalue weighted by atomic mass is 10.0. The summed E-state index contributed by atoms with van der Waals surface area (Å²) in [6.07, 6.45) is 1.15. The Morgan fingerprint density at radius 2 is 2.00 bits per heavy atom. The first-order valence-electron chi connectivity index (χ1n) is 6.26. The number of fused-ring (bicyclic) bond motifs is 3. The average molecular weight is 342 g/mol. The van der Waals surface area contributed by atoms with E-state index in [2.05, 4.69) is 51.9 Å². The normalized spacial score (nSPS) is 14.1. The second-order valence-electron chi connectivity index (χ2n) is 4.13. The van der Waals surface area contributed by atoms with Crippen molar-refractivity contribution in [3.63, 3.8) is 0 Å². The SMILES string of the molecule is CC.Cc1ccc2c3c([nH]c2c1I)CNCC3. The number of hydrogen-bond donors (Lipinski definition) is 2. The third kappa shape index (κ3) is 2.22. The molecular weight excluding hydrogens is 323 g/mol. The fourth-order valence-electron chi connectivity index (χ4n) is 2.31. The highest BCUT2D eigenvalue weighted by Crippen LogP contribution is 2.29. The summed E-state index contributed by atoms with van der Waals surface area (Å²) in [7, 11) is 0. The van der Waals surface area contributed by atoms with E-state index in [1.165, 1.54) is 31.3 Å². The number of benzene rings is 1. The van der Waals surface area contributed by atoms with Crippen LogP contribution in [-0.2, 0) is 13.0 Å². The van der Waals surface area contributed by atoms with E-state index < -0.39 is 0 Å². The summed E-state index contributed by atoms with van der Waals surface area (Å²) in [6.45, 7) is 8.25. The van der Waals surface area contributed by atoms with E-state index in [0.29, 0.717) is 0 Å². The van der Waals surface area contributed by atoms with Crippen LogP contribution in [0.2, 0.25) is 0 Å². The van der Waals surface area contributed by atoms with Crippen LogP contribution in [0.5, 0.6) is 0 Å². The molecule has 17 heavy (non-hydrogen) atoms. The highest BCUT2D eigenvalue weighted by Gasteiger charge is 2.16. The number of rotatable bonds is 0. The summed E-state index contributed by atoms with van der Waals surface area (Å²) < 4.78 is 1.36. The lowest BCUT2D eigenvalue weighted by Crippen LogP contribution is -2.22. The summed E-state index contributed by atoms with van der Waals surface area (Å²) in [5.74, 6) is 0. The van der Waals surface area contributed by atoms with Crippen molar-refractivity contribution in [3.8, 4) is 0 Å². The molecule has 0 saturated carbocycles. The van der Waals surface area contributed by atoms with Crippen molar-refractivity contribution in [2.45, 2.75) is 33.7 Å². The first-order valence-corrected chi connectivity index (χ1v) is 7.34. The molecule has 1 aromatic heterocycles. The van der Waals surface area contributed by atoms with Gasteiger partial charge in [0, 0.05) is 21.2 Å². The van der Waals surface area contributed by atoms with E-state index in [1.54, 1.807) is 0 Å². The predicted octanol–water partition coefficient (Wildman–Crippen LogP) is 3.75. The van der Waals surface area contributed by atoms with Crippen LogP contribution in [0.3, 0.4) is 0 Å². The molecule has 2 nitrogen and oxygen atoms in total. The topological polar surface area (TPSA) is 27.8 Å². The van der Waals surface area contributed by atoms with Crippen LogP contribution >= 0.6 is 22.6 Å². The Balaban J connectivity index is 0.000000514. The van der Waals surface area contributed by atoms with E-state index in [-0.39, 0.29) is 0 Å². The van der Waals surface area contributed by atoms with Crippen LogP contribution < -0.4 is 5.32 Å². The summed E-state index contributed by atoms with van der Waals surface area (Å²) in [5, 5.41) is 4.82. The van der Waals surface area contributed by atoms with Crippen molar-refractivity contribution in [3.05, 3.63) is 32.5 Å². The average Bonchev–Trinajstić information content (AvgIpc) is 2.76. The van der Waals surface area contributed by atoms with E-state index >= 15 is 0 Å². The number of aromatic amines is 1. The largest absolute Gasteiger partial charge is 0.356 e. The molecule has 3 rings (SSSR count). The molecule has 0 radical (unpaired) electrons. The van der Waals surface area contributed by atoms with Gasteiger partial charge in [-0.15, -0.1) is 0 Å². The molecule has 0 aliphatic carbocycles. The van der Waals surface area contributed by atoms with Gasteiger partial charge in [-0.3, -0.25) is 0 Å². The standard InChI is InChI=1S/C12H13IN2.C2H6/c1-7-2-3-9-8-4-5-14-6-10(8)15-12(9)11(7)13;1-2/h2-3,14-15H,4-6H2,1H3;1-2H3. The third-order valence-corrected chi connectivity index (χ3v) is 4.54. The highest BCUT2D eigenvalue weighted by atomic mass is 127. The fourth-order valence-corrected chi connectivity index (χ4v) is 2.91. The van der Waals surface area contributed by atoms with E-state index in [4.69, 9.17) is 0 Å². The van der Waals surface area contributed by atoms with Crippen LogP contribution in [0.4, 0.5) is 0 Å². The fraction of sp³-hybridized carbons (Fsp3) is 0.429. The van der Waals surface area contributed by atoms with E-state index in [9.17, 15) is 0 Å². The second kappa shape index (κ2) is 5.40. The minimum atomic E-state index is 0.985. The van der Waals surface area contributed by atoms with Gasteiger partial charge in [-0.05, 0) is 53.6 Å². The van der Waals surface area contributed by atoms with Gasteiger partial charge >= 0.3 is 0 Å². The number of nitrogens with one attached hydrogen (secondary N) is 2. The molecule has 2 N–H and O–H groups in total. The van der Waals surface area contributed by atoms with Gasteiger partial charge in [-0.25, -0.2) is 0 Å². The van der Waals surface area contributed by atoms with Crippen LogP contribution in [-0.4, -0.2) is 11.5 Å². The molecule has 0 fully saturated rings. The molecule has 0 spiro atoms. The summed E-state index contributed by atoms with van der Waals surface area (Å²) in [6, 6.07) is 4.48. The summed E-state index contributed by atoms with van der Waals surface area (Å²) in [4.78, 5) is 3.56. The number of hydrogen-bond acceptors (Lipinski definition) is 1. The quantitative estimate of drug-likeness (QED) is 0.701. The van der Waals surface area contributed by atoms with Crippen molar-refractivity contribution in [1.29, 1.82) is 0 Å². The maximum Gasteiger partial charge on any atom is 0.0597 e. The van der Waals surface area contributed by atoms with Crippen LogP contribution in [0, 0.1) is 10.5 Å². The number of halogens is 1. The van der Waals surface area contributed by atoms with Gasteiger partial charge in [0.25, 0.3) is 0 Å². The minimum absolute atomic E-state index is 0.985. The van der Waals surface area contributed by atoms with Gasteiger partial charge in [0.05, 0.1) is 5.52 Å². The lowest BCUT2D eigenvalue weighted by Gasteiger charge is -2.12. The Hall–Kier alpha value is -0.550. The van der Waals surface area contributed by atoms with Crippen molar-refractivity contribution in [2.75, 3.05) is 6.54 Å². The molecule has 0 bridgehead atoms. The molecule has 92 valence electrons. The molecular formula is C14H19IN2. The lowest BCUT2D eigenvalue weighted by molar-refractivity contribution is 0.637. The van der Waals surface area contributed by atoms with Gasteiger partial charge in [0.15, 0.2) is 0 Å². The number of H-pyrrole nitrogens is 1. The zero-order valence-electron chi connectivity index (χ0n) is 10.7. The van der Waals surface area contributed by atoms with Gasteiger partial charge < -0.3 is 10.3 Å². The monoisotopic (exact) mass is 342 g/mol. The Morgan fingerprint density at radius 1 is 1.24 bits per heavy atom. The Bertz CT molecular complexity index is 528. The zero-order chi connectivity index (χ0) is 12.4. The van der Waals surface area contributed by atoms with Crippen LogP contribution in [0.15, 0.2) is 12.1 Å². The maximum atomic E-state index is 3.56. The number of aryl methyl sites for hydroxylation is 1. The molecule has 0 amide bonds. The Kier molecular flexibility index (Phi) is 4.09. The highest BCUT2D eigenvalue weighted by molar-refractivity contribution is 14.1. The molecule has 2 aromatic rings. The van der Waals surface area contributed by atoms with E-state index in [0.717, 1.165) is 19.5 Å². The van der Waals surface area contributed by atoms with Gasteiger partial charge in [0.1, 0.15) is 0 Å². The van der Waals surface area contributed by atoms with E-state index in [1.807, 2.05) is 13.8 Å². The smallest absolute Gasteiger partial charge is 0.0597 e. The minimum Gasteiger partial charge on any atom is -0.356 e. The van der Waals surface area contributed by atoms with Crippen LogP contribution in [0.25, 0.3) is 10.9 Å². The Morgan fingerprint density at radius 3 is 2.76 bits per heavy atom. The molecule has 2 heterocycles. The first-order chi connectivity index (χ1) is 8.27. The molecule has 3 heteroatoms. The van der Waals surface area contributed by atoms with Gasteiger partial charge in [-0.1, -0.05) is 26.0 Å². The van der Waals surface area contributed by atoms with Gasteiger partial charge in [-0.2, -0.15) is 0 Å². The number of aromatic nitrogens is 1. The second-order valence-corrected chi connectivity index (χ2v) is 5.21. The predicted molar refractivity (Wildman–Crippen MR) is 82.5 cm³/mol. The first kappa shape index (κ1) is 12.9. The molecule has 1 aliphatic heterocycles.